The van der Waals surface area contributed by atoms with Crippen molar-refractivity contribution in [1.29, 1.82) is 0 Å². The van der Waals surface area contributed by atoms with E-state index in [1.54, 1.807) is 0 Å². The van der Waals surface area contributed by atoms with Crippen LogP contribution in [0.25, 0.3) is 0 Å². The van der Waals surface area contributed by atoms with E-state index in [1.165, 1.54) is 6.26 Å². The zero-order valence-electron chi connectivity index (χ0n) is 11.9. The summed E-state index contributed by atoms with van der Waals surface area (Å²) < 4.78 is 22.3. The molecule has 0 aliphatic rings. The highest BCUT2D eigenvalue weighted by Gasteiger charge is 2.07. The van der Waals surface area contributed by atoms with Crippen molar-refractivity contribution in [3.63, 3.8) is 0 Å². The molecular formula is C13H23N3O2S. The van der Waals surface area contributed by atoms with E-state index in [2.05, 4.69) is 17.2 Å². The van der Waals surface area contributed by atoms with Crippen LogP contribution in [0.2, 0.25) is 0 Å². The summed E-state index contributed by atoms with van der Waals surface area (Å²) in [5.41, 5.74) is 0.970. The molecule has 1 N–H and O–H groups in total. The number of anilines is 1. The normalized spacial score (nSPS) is 11.5. The van der Waals surface area contributed by atoms with Gasteiger partial charge in [0.25, 0.3) is 0 Å². The number of nitrogens with zero attached hydrogens (tertiary/aromatic N) is 2. The third-order valence-corrected chi connectivity index (χ3v) is 3.64. The van der Waals surface area contributed by atoms with Crippen molar-refractivity contribution < 1.29 is 8.42 Å². The van der Waals surface area contributed by atoms with Crippen LogP contribution in [-0.2, 0) is 16.4 Å². The minimum Gasteiger partial charge on any atom is -0.359 e. The number of pyridine rings is 1. The molecule has 19 heavy (non-hydrogen) atoms. The van der Waals surface area contributed by atoms with Crippen molar-refractivity contribution in [3.05, 3.63) is 23.9 Å². The monoisotopic (exact) mass is 285 g/mol. The van der Waals surface area contributed by atoms with Crippen LogP contribution in [0.15, 0.2) is 18.2 Å². The summed E-state index contributed by atoms with van der Waals surface area (Å²) in [5, 5.41) is 3.30. The summed E-state index contributed by atoms with van der Waals surface area (Å²) in [4.78, 5) is 6.38. The van der Waals surface area contributed by atoms with E-state index >= 15 is 0 Å². The van der Waals surface area contributed by atoms with Crippen molar-refractivity contribution in [1.82, 2.24) is 10.3 Å². The van der Waals surface area contributed by atoms with E-state index in [0.29, 0.717) is 6.54 Å². The molecule has 0 saturated carbocycles. The van der Waals surface area contributed by atoms with Gasteiger partial charge in [-0.3, -0.25) is 0 Å². The lowest BCUT2D eigenvalue weighted by Gasteiger charge is -2.18. The van der Waals surface area contributed by atoms with Gasteiger partial charge in [0.15, 0.2) is 0 Å². The topological polar surface area (TPSA) is 62.3 Å². The van der Waals surface area contributed by atoms with Crippen molar-refractivity contribution >= 4 is 15.7 Å². The fourth-order valence-corrected chi connectivity index (χ4v) is 2.19. The van der Waals surface area contributed by atoms with Crippen molar-refractivity contribution in [3.8, 4) is 0 Å². The van der Waals surface area contributed by atoms with Crippen molar-refractivity contribution in [2.24, 2.45) is 0 Å². The molecule has 0 unspecified atom stereocenters. The molecule has 0 radical (unpaired) electrons. The number of hydrogen-bond donors (Lipinski definition) is 1. The van der Waals surface area contributed by atoms with E-state index in [4.69, 9.17) is 0 Å². The summed E-state index contributed by atoms with van der Waals surface area (Å²) >= 11 is 0. The Morgan fingerprint density at radius 1 is 1.37 bits per heavy atom. The molecule has 0 bridgehead atoms. The van der Waals surface area contributed by atoms with Gasteiger partial charge in [-0.25, -0.2) is 13.4 Å². The van der Waals surface area contributed by atoms with Gasteiger partial charge in [0, 0.05) is 26.4 Å². The molecule has 1 heterocycles. The molecule has 5 nitrogen and oxygen atoms in total. The van der Waals surface area contributed by atoms with Gasteiger partial charge in [-0.1, -0.05) is 13.0 Å². The highest BCUT2D eigenvalue weighted by atomic mass is 32.2. The third-order valence-electron chi connectivity index (χ3n) is 2.71. The van der Waals surface area contributed by atoms with Crippen molar-refractivity contribution in [2.75, 3.05) is 37.0 Å². The Labute approximate surface area is 116 Å². The molecule has 0 aromatic carbocycles. The van der Waals surface area contributed by atoms with Gasteiger partial charge >= 0.3 is 0 Å². The Kier molecular flexibility index (Phi) is 6.24. The van der Waals surface area contributed by atoms with Gasteiger partial charge in [-0.2, -0.15) is 0 Å². The van der Waals surface area contributed by atoms with Crippen LogP contribution >= 0.6 is 0 Å². The summed E-state index contributed by atoms with van der Waals surface area (Å²) in [5.74, 6) is 0.947. The SMILES string of the molecule is CCCNCc1cccc(N(C)CCS(C)(=O)=O)n1. The van der Waals surface area contributed by atoms with Gasteiger partial charge in [-0.05, 0) is 25.1 Å². The molecule has 0 saturated heterocycles. The van der Waals surface area contributed by atoms with Crippen molar-refractivity contribution in [2.45, 2.75) is 19.9 Å². The standard InChI is InChI=1S/C13H23N3O2S/c1-4-8-14-11-12-6-5-7-13(15-12)16(2)9-10-19(3,17)18/h5-7,14H,4,8-11H2,1-3H3. The minimum atomic E-state index is -2.94. The first-order chi connectivity index (χ1) is 8.92. The second-order valence-corrected chi connectivity index (χ2v) is 6.98. The minimum absolute atomic E-state index is 0.142. The van der Waals surface area contributed by atoms with Gasteiger partial charge in [0.2, 0.25) is 0 Å². The lowest BCUT2D eigenvalue weighted by Crippen LogP contribution is -2.26. The second kappa shape index (κ2) is 7.45. The highest BCUT2D eigenvalue weighted by Crippen LogP contribution is 2.09. The van der Waals surface area contributed by atoms with Crippen LogP contribution < -0.4 is 10.2 Å². The zero-order chi connectivity index (χ0) is 14.3. The van der Waals surface area contributed by atoms with E-state index in [0.717, 1.165) is 31.0 Å². The molecule has 0 aliphatic carbocycles. The van der Waals surface area contributed by atoms with E-state index < -0.39 is 9.84 Å². The molecule has 0 fully saturated rings. The third kappa shape index (κ3) is 6.54. The van der Waals surface area contributed by atoms with Gasteiger partial charge in [0.1, 0.15) is 15.7 Å². The van der Waals surface area contributed by atoms with Crippen LogP contribution in [0.5, 0.6) is 0 Å². The average Bonchev–Trinajstić information content (AvgIpc) is 2.36. The van der Waals surface area contributed by atoms with Crippen LogP contribution in [0.3, 0.4) is 0 Å². The molecule has 108 valence electrons. The Morgan fingerprint density at radius 3 is 2.74 bits per heavy atom. The average molecular weight is 285 g/mol. The fourth-order valence-electron chi connectivity index (χ4n) is 1.59. The first-order valence-electron chi connectivity index (χ1n) is 6.48. The van der Waals surface area contributed by atoms with Crippen LogP contribution in [0.1, 0.15) is 19.0 Å². The number of rotatable bonds is 8. The maximum absolute atomic E-state index is 11.2. The number of nitrogens with one attached hydrogen (secondary N) is 1. The number of hydrogen-bond acceptors (Lipinski definition) is 5. The van der Waals surface area contributed by atoms with E-state index in [-0.39, 0.29) is 5.75 Å². The molecule has 0 amide bonds. The van der Waals surface area contributed by atoms with E-state index in [9.17, 15) is 8.42 Å². The first-order valence-corrected chi connectivity index (χ1v) is 8.54. The predicted octanol–water partition coefficient (Wildman–Crippen LogP) is 1.06. The lowest BCUT2D eigenvalue weighted by molar-refractivity contribution is 0.601. The Balaban J connectivity index is 2.59. The van der Waals surface area contributed by atoms with Crippen LogP contribution in [-0.4, -0.2) is 45.5 Å². The fraction of sp³-hybridized carbons (Fsp3) is 0.615. The molecule has 6 heteroatoms. The largest absolute Gasteiger partial charge is 0.359 e. The zero-order valence-corrected chi connectivity index (χ0v) is 12.7. The smallest absolute Gasteiger partial charge is 0.149 e. The first kappa shape index (κ1) is 15.9. The lowest BCUT2D eigenvalue weighted by atomic mass is 10.3. The van der Waals surface area contributed by atoms with Gasteiger partial charge in [-0.15, -0.1) is 0 Å². The van der Waals surface area contributed by atoms with Crippen LogP contribution in [0.4, 0.5) is 5.82 Å². The molecule has 1 rings (SSSR count). The Bertz CT molecular complexity index is 488. The summed E-state index contributed by atoms with van der Waals surface area (Å²) in [6.45, 7) is 4.28. The quantitative estimate of drug-likeness (QED) is 0.724. The summed E-state index contributed by atoms with van der Waals surface area (Å²) in [6.07, 6.45) is 2.34. The Morgan fingerprint density at radius 2 is 2.11 bits per heavy atom. The maximum Gasteiger partial charge on any atom is 0.149 e. The second-order valence-electron chi connectivity index (χ2n) is 4.72. The summed E-state index contributed by atoms with van der Waals surface area (Å²) in [7, 11) is -1.08. The molecule has 0 atom stereocenters. The van der Waals surface area contributed by atoms with Gasteiger partial charge < -0.3 is 10.2 Å². The number of aromatic nitrogens is 1. The predicted molar refractivity (Wildman–Crippen MR) is 79.2 cm³/mol. The highest BCUT2D eigenvalue weighted by molar-refractivity contribution is 7.90. The number of sulfone groups is 1. The van der Waals surface area contributed by atoms with Crippen LogP contribution in [0, 0.1) is 0 Å². The molecular weight excluding hydrogens is 262 g/mol. The molecule has 1 aromatic heterocycles. The summed E-state index contributed by atoms with van der Waals surface area (Å²) in [6, 6.07) is 5.81. The Hall–Kier alpha value is -1.14. The van der Waals surface area contributed by atoms with E-state index in [1.807, 2.05) is 30.1 Å². The maximum atomic E-state index is 11.2. The molecule has 0 spiro atoms. The van der Waals surface area contributed by atoms with Gasteiger partial charge in [0.05, 0.1) is 11.4 Å². The molecule has 1 aromatic rings. The molecule has 0 aliphatic heterocycles.